The van der Waals surface area contributed by atoms with E-state index >= 15 is 0 Å². The monoisotopic (exact) mass is 394 g/mol. The molecule has 5 nitrogen and oxygen atoms in total. The number of esters is 1. The van der Waals surface area contributed by atoms with Crippen molar-refractivity contribution in [1.29, 1.82) is 0 Å². The number of aryl methyl sites for hydroxylation is 1. The normalized spacial score (nSPS) is 14.3. The summed E-state index contributed by atoms with van der Waals surface area (Å²) >= 11 is 1.58. The molecule has 2 aromatic heterocycles. The van der Waals surface area contributed by atoms with Gasteiger partial charge in [0.15, 0.2) is 6.61 Å². The Morgan fingerprint density at radius 1 is 1.18 bits per heavy atom. The number of thiophene rings is 1. The number of hydrogen-bond acceptors (Lipinski definition) is 5. The summed E-state index contributed by atoms with van der Waals surface area (Å²) in [5, 5.41) is 5.63. The van der Waals surface area contributed by atoms with Crippen LogP contribution in [0.5, 0.6) is 0 Å². The first-order valence-electron chi connectivity index (χ1n) is 9.54. The van der Waals surface area contributed by atoms with Gasteiger partial charge in [-0.25, -0.2) is 4.79 Å². The summed E-state index contributed by atoms with van der Waals surface area (Å²) in [4.78, 5) is 31.0. The van der Waals surface area contributed by atoms with Crippen molar-refractivity contribution in [3.05, 3.63) is 63.5 Å². The zero-order valence-electron chi connectivity index (χ0n) is 15.7. The fourth-order valence-corrected chi connectivity index (χ4v) is 4.44. The lowest BCUT2D eigenvalue weighted by atomic mass is 9.90. The Morgan fingerprint density at radius 2 is 2.00 bits per heavy atom. The highest BCUT2D eigenvalue weighted by Gasteiger charge is 2.24. The van der Waals surface area contributed by atoms with Gasteiger partial charge in [0.25, 0.3) is 5.91 Å². The van der Waals surface area contributed by atoms with E-state index in [2.05, 4.69) is 5.32 Å². The number of ether oxygens (including phenoxy) is 1. The molecule has 0 radical (unpaired) electrons. The number of hydrogen-bond donors (Lipinski definition) is 1. The molecule has 0 saturated heterocycles. The predicted molar refractivity (Wildman–Crippen MR) is 110 cm³/mol. The number of amides is 1. The zero-order chi connectivity index (χ0) is 19.5. The number of rotatable bonds is 5. The summed E-state index contributed by atoms with van der Waals surface area (Å²) in [6, 6.07) is 11.4. The van der Waals surface area contributed by atoms with Crippen LogP contribution < -0.4 is 5.32 Å². The van der Waals surface area contributed by atoms with Gasteiger partial charge in [0.05, 0.1) is 17.1 Å². The molecule has 3 aromatic rings. The smallest absolute Gasteiger partial charge is 0.339 e. The van der Waals surface area contributed by atoms with Crippen molar-refractivity contribution in [2.24, 2.45) is 0 Å². The van der Waals surface area contributed by atoms with Gasteiger partial charge in [0.1, 0.15) is 0 Å². The van der Waals surface area contributed by atoms with Crippen LogP contribution in [0.3, 0.4) is 0 Å². The van der Waals surface area contributed by atoms with Crippen LogP contribution in [0.15, 0.2) is 41.8 Å². The second-order valence-electron chi connectivity index (χ2n) is 7.02. The Hall–Kier alpha value is -2.73. The SMILES string of the molecule is C[C@@H](NC(=O)COC(=O)c1c2c(nc3ccccc13)CCCC2)c1cccs1. The van der Waals surface area contributed by atoms with Crippen LogP contribution >= 0.6 is 11.3 Å². The quantitative estimate of drug-likeness (QED) is 0.658. The molecule has 1 aliphatic rings. The lowest BCUT2D eigenvalue weighted by Gasteiger charge is -2.20. The van der Waals surface area contributed by atoms with Crippen molar-refractivity contribution in [1.82, 2.24) is 10.3 Å². The summed E-state index contributed by atoms with van der Waals surface area (Å²) in [6.45, 7) is 1.62. The van der Waals surface area contributed by atoms with Crippen molar-refractivity contribution in [3.8, 4) is 0 Å². The number of nitrogens with zero attached hydrogens (tertiary/aromatic N) is 1. The third-order valence-electron chi connectivity index (χ3n) is 5.06. The molecule has 144 valence electrons. The van der Waals surface area contributed by atoms with Crippen molar-refractivity contribution in [2.75, 3.05) is 6.61 Å². The van der Waals surface area contributed by atoms with Crippen molar-refractivity contribution in [2.45, 2.75) is 38.6 Å². The van der Waals surface area contributed by atoms with E-state index in [9.17, 15) is 9.59 Å². The summed E-state index contributed by atoms with van der Waals surface area (Å²) in [5.41, 5.74) is 3.32. The largest absolute Gasteiger partial charge is 0.452 e. The van der Waals surface area contributed by atoms with Crippen molar-refractivity contribution >= 4 is 34.1 Å². The Bertz CT molecular complexity index is 1010. The maximum Gasteiger partial charge on any atom is 0.339 e. The van der Waals surface area contributed by atoms with Gasteiger partial charge in [-0.3, -0.25) is 9.78 Å². The van der Waals surface area contributed by atoms with E-state index in [4.69, 9.17) is 9.72 Å². The molecule has 1 atom stereocenters. The molecule has 1 N–H and O–H groups in total. The maximum absolute atomic E-state index is 12.9. The standard InChI is InChI=1S/C22H22N2O3S/c1-14(19-11-6-12-28-19)23-20(25)13-27-22(26)21-15-7-2-4-9-17(15)24-18-10-5-3-8-16(18)21/h2,4,6-7,9,11-12,14H,3,5,8,10,13H2,1H3,(H,23,25)/t14-/m1/s1. The zero-order valence-corrected chi connectivity index (χ0v) is 16.6. The van der Waals surface area contributed by atoms with Gasteiger partial charge in [-0.1, -0.05) is 24.3 Å². The minimum atomic E-state index is -0.448. The van der Waals surface area contributed by atoms with Crippen molar-refractivity contribution < 1.29 is 14.3 Å². The minimum absolute atomic E-state index is 0.110. The average molecular weight is 394 g/mol. The van der Waals surface area contributed by atoms with Crippen LogP contribution in [-0.4, -0.2) is 23.5 Å². The lowest BCUT2D eigenvalue weighted by molar-refractivity contribution is -0.124. The van der Waals surface area contributed by atoms with Crippen LogP contribution in [0.25, 0.3) is 10.9 Å². The van der Waals surface area contributed by atoms with Gasteiger partial charge < -0.3 is 10.1 Å². The summed E-state index contributed by atoms with van der Waals surface area (Å²) in [7, 11) is 0. The molecule has 0 aliphatic heterocycles. The predicted octanol–water partition coefficient (Wildman–Crippen LogP) is 4.21. The third-order valence-corrected chi connectivity index (χ3v) is 6.11. The molecule has 28 heavy (non-hydrogen) atoms. The van der Waals surface area contributed by atoms with Gasteiger partial charge >= 0.3 is 5.97 Å². The van der Waals surface area contributed by atoms with E-state index in [0.717, 1.165) is 52.7 Å². The molecular formula is C22H22N2O3S. The topological polar surface area (TPSA) is 68.3 Å². The number of benzene rings is 1. The Kier molecular flexibility index (Phi) is 5.39. The maximum atomic E-state index is 12.9. The second kappa shape index (κ2) is 8.10. The number of para-hydroxylation sites is 1. The average Bonchev–Trinajstić information content (AvgIpc) is 3.25. The molecule has 0 fully saturated rings. The number of fused-ring (bicyclic) bond motifs is 2. The van der Waals surface area contributed by atoms with Gasteiger partial charge in [-0.15, -0.1) is 11.3 Å². The third kappa shape index (κ3) is 3.78. The van der Waals surface area contributed by atoms with Gasteiger partial charge in [0.2, 0.25) is 0 Å². The molecule has 0 saturated carbocycles. The number of carbonyl (C=O) groups is 2. The highest BCUT2D eigenvalue weighted by molar-refractivity contribution is 7.10. The van der Waals surface area contributed by atoms with Crippen LogP contribution in [0.4, 0.5) is 0 Å². The van der Waals surface area contributed by atoms with Crippen LogP contribution in [0.2, 0.25) is 0 Å². The highest BCUT2D eigenvalue weighted by Crippen LogP contribution is 2.29. The highest BCUT2D eigenvalue weighted by atomic mass is 32.1. The van der Waals surface area contributed by atoms with E-state index in [1.165, 1.54) is 0 Å². The van der Waals surface area contributed by atoms with Crippen LogP contribution in [-0.2, 0) is 22.4 Å². The van der Waals surface area contributed by atoms with E-state index in [-0.39, 0.29) is 18.6 Å². The molecule has 0 spiro atoms. The van der Waals surface area contributed by atoms with E-state index in [0.29, 0.717) is 5.56 Å². The Labute approximate surface area is 167 Å². The molecule has 1 aromatic carbocycles. The van der Waals surface area contributed by atoms with E-state index in [1.807, 2.05) is 48.7 Å². The number of nitrogens with one attached hydrogen (secondary N) is 1. The number of aromatic nitrogens is 1. The number of pyridine rings is 1. The van der Waals surface area contributed by atoms with Gasteiger partial charge in [0, 0.05) is 16.0 Å². The fourth-order valence-electron chi connectivity index (χ4n) is 3.70. The van der Waals surface area contributed by atoms with E-state index in [1.54, 1.807) is 11.3 Å². The lowest BCUT2D eigenvalue weighted by Crippen LogP contribution is -2.31. The summed E-state index contributed by atoms with van der Waals surface area (Å²) in [6.07, 6.45) is 3.81. The number of carbonyl (C=O) groups excluding carboxylic acids is 2. The Morgan fingerprint density at radius 3 is 2.82 bits per heavy atom. The van der Waals surface area contributed by atoms with Crippen LogP contribution in [0, 0.1) is 0 Å². The van der Waals surface area contributed by atoms with Crippen LogP contribution in [0.1, 0.15) is 52.3 Å². The minimum Gasteiger partial charge on any atom is -0.452 e. The van der Waals surface area contributed by atoms with Gasteiger partial charge in [-0.2, -0.15) is 0 Å². The first kappa shape index (κ1) is 18.6. The molecule has 1 aliphatic carbocycles. The molecule has 6 heteroatoms. The van der Waals surface area contributed by atoms with E-state index < -0.39 is 5.97 Å². The molecule has 4 rings (SSSR count). The molecule has 0 unspecified atom stereocenters. The molecule has 0 bridgehead atoms. The second-order valence-corrected chi connectivity index (χ2v) is 8.00. The first-order chi connectivity index (χ1) is 13.6. The Balaban J connectivity index is 1.52. The molecular weight excluding hydrogens is 372 g/mol. The van der Waals surface area contributed by atoms with Crippen molar-refractivity contribution in [3.63, 3.8) is 0 Å². The molecule has 2 heterocycles. The molecule has 1 amide bonds. The fraction of sp³-hybridized carbons (Fsp3) is 0.318. The van der Waals surface area contributed by atoms with Gasteiger partial charge in [-0.05, 0) is 55.7 Å². The summed E-state index contributed by atoms with van der Waals surface area (Å²) < 4.78 is 5.41. The summed E-state index contributed by atoms with van der Waals surface area (Å²) in [5.74, 6) is -0.753. The first-order valence-corrected chi connectivity index (χ1v) is 10.4.